The molecule has 7 heteroatoms. The number of ether oxygens (including phenoxy) is 1. The topological polar surface area (TPSA) is 103 Å². The fourth-order valence-electron chi connectivity index (χ4n) is 8.09. The third kappa shape index (κ3) is 6.85. The highest BCUT2D eigenvalue weighted by molar-refractivity contribution is 5.70. The molecule has 2 aliphatic heterocycles. The molecular weight excluding hydrogens is 558 g/mol. The molecule has 0 spiro atoms. The molecule has 0 N–H and O–H groups in total. The summed E-state index contributed by atoms with van der Waals surface area (Å²) in [5, 5.41) is 19.8. The third-order valence-corrected chi connectivity index (χ3v) is 9.86. The lowest BCUT2D eigenvalue weighted by Crippen LogP contribution is -2.52. The van der Waals surface area contributed by atoms with Crippen molar-refractivity contribution in [2.45, 2.75) is 121 Å². The highest BCUT2D eigenvalue weighted by atomic mass is 16.6. The SMILES string of the molecule is CC#Cc1cncc(C2(C#N)C[C@@H]3CC[C@@H](C3)C2)c1.CC#Cc1cncc(C2(C#N)C[C@H]3CC[C@@H](C2)N3C(=O)OC(C)(C)C)c1. The first kappa shape index (κ1) is 32.1. The number of hydrogen-bond acceptors (Lipinski definition) is 6. The predicted molar refractivity (Wildman–Crippen MR) is 172 cm³/mol. The van der Waals surface area contributed by atoms with E-state index in [2.05, 4.69) is 51.9 Å². The molecule has 2 unspecified atom stereocenters. The minimum atomic E-state index is -0.622. The van der Waals surface area contributed by atoms with Gasteiger partial charge in [-0.2, -0.15) is 10.5 Å². The second-order valence-electron chi connectivity index (χ2n) is 14.2. The standard InChI is InChI=1S/C21H25N3O2.C17H18N2/c1-5-6-15-9-16(13-23-12-15)21(14-22)10-17-7-8-18(11-21)24(17)19(25)26-20(2,3)4;1-2-3-15-7-16(11-19-10-15)17(12-18)8-13-4-5-14(6-13)9-17/h9,12-13,17-18H,7-8,10-11H2,1-4H3;7,10-11,13-14H,4-6,8-9H2,1H3/t17-,18+,21?;13-,14+,17?. The van der Waals surface area contributed by atoms with Gasteiger partial charge >= 0.3 is 6.09 Å². The Labute approximate surface area is 268 Å². The number of fused-ring (bicyclic) bond motifs is 4. The molecule has 6 rings (SSSR count). The van der Waals surface area contributed by atoms with Crippen LogP contribution in [-0.2, 0) is 15.6 Å². The van der Waals surface area contributed by atoms with Gasteiger partial charge in [0.15, 0.2) is 0 Å². The van der Waals surface area contributed by atoms with E-state index in [1.165, 1.54) is 19.3 Å². The highest BCUT2D eigenvalue weighted by Crippen LogP contribution is 2.51. The van der Waals surface area contributed by atoms with Crippen molar-refractivity contribution in [3.8, 4) is 35.8 Å². The van der Waals surface area contributed by atoms with Crippen molar-refractivity contribution < 1.29 is 9.53 Å². The molecule has 2 aromatic rings. The van der Waals surface area contributed by atoms with E-state index >= 15 is 0 Å². The lowest BCUT2D eigenvalue weighted by molar-refractivity contribution is 0.00232. The van der Waals surface area contributed by atoms with E-state index in [-0.39, 0.29) is 23.6 Å². The van der Waals surface area contributed by atoms with Crippen LogP contribution in [0.15, 0.2) is 36.9 Å². The van der Waals surface area contributed by atoms with Crippen LogP contribution in [0.4, 0.5) is 4.79 Å². The second-order valence-corrected chi connectivity index (χ2v) is 14.2. The molecule has 4 heterocycles. The van der Waals surface area contributed by atoms with Gasteiger partial charge in [0.1, 0.15) is 5.60 Å². The van der Waals surface area contributed by atoms with Crippen LogP contribution in [-0.4, -0.2) is 38.6 Å². The zero-order valence-electron chi connectivity index (χ0n) is 27.2. The largest absolute Gasteiger partial charge is 0.444 e. The van der Waals surface area contributed by atoms with Crippen LogP contribution in [0.2, 0.25) is 0 Å². The number of carbonyl (C=O) groups is 1. The Hall–Kier alpha value is -4.33. The Morgan fingerprint density at radius 2 is 1.27 bits per heavy atom. The maximum absolute atomic E-state index is 12.6. The van der Waals surface area contributed by atoms with Crippen LogP contribution in [0, 0.1) is 58.2 Å². The van der Waals surface area contributed by atoms with Crippen LogP contribution in [0.25, 0.3) is 0 Å². The lowest BCUT2D eigenvalue weighted by atomic mass is 9.66. The van der Waals surface area contributed by atoms with Crippen LogP contribution in [0.3, 0.4) is 0 Å². The lowest BCUT2D eigenvalue weighted by Gasteiger charge is -2.43. The number of aromatic nitrogens is 2. The summed E-state index contributed by atoms with van der Waals surface area (Å²) >= 11 is 0. The molecule has 232 valence electrons. The van der Waals surface area contributed by atoms with Gasteiger partial charge in [0.2, 0.25) is 0 Å². The molecule has 2 saturated carbocycles. The molecule has 7 nitrogen and oxygen atoms in total. The monoisotopic (exact) mass is 601 g/mol. The fraction of sp³-hybridized carbons (Fsp3) is 0.553. The third-order valence-electron chi connectivity index (χ3n) is 9.86. The van der Waals surface area contributed by atoms with Crippen LogP contribution in [0.5, 0.6) is 0 Å². The number of hydrogen-bond donors (Lipinski definition) is 0. The summed E-state index contributed by atoms with van der Waals surface area (Å²) in [7, 11) is 0. The summed E-state index contributed by atoms with van der Waals surface area (Å²) in [5.74, 6) is 13.3. The van der Waals surface area contributed by atoms with E-state index in [1.807, 2.05) is 44.9 Å². The van der Waals surface area contributed by atoms with Crippen molar-refractivity contribution in [2.24, 2.45) is 11.8 Å². The molecule has 2 aliphatic carbocycles. The van der Waals surface area contributed by atoms with Crippen molar-refractivity contribution in [1.29, 1.82) is 10.5 Å². The molecule has 45 heavy (non-hydrogen) atoms. The smallest absolute Gasteiger partial charge is 0.410 e. The zero-order chi connectivity index (χ0) is 32.2. The Balaban J connectivity index is 0.000000186. The van der Waals surface area contributed by atoms with E-state index in [0.717, 1.165) is 59.8 Å². The van der Waals surface area contributed by atoms with Crippen molar-refractivity contribution >= 4 is 6.09 Å². The summed E-state index contributed by atoms with van der Waals surface area (Å²) in [5.41, 5.74) is 2.27. The molecule has 0 aromatic carbocycles. The molecule has 0 radical (unpaired) electrons. The van der Waals surface area contributed by atoms with Gasteiger partial charge in [-0.15, -0.1) is 11.8 Å². The Morgan fingerprint density at radius 1 is 0.800 bits per heavy atom. The van der Waals surface area contributed by atoms with Crippen LogP contribution < -0.4 is 0 Å². The summed E-state index contributed by atoms with van der Waals surface area (Å²) in [6, 6.07) is 9.26. The number of carbonyl (C=O) groups excluding carboxylic acids is 1. The van der Waals surface area contributed by atoms with Gasteiger partial charge in [-0.25, -0.2) is 4.79 Å². The Kier molecular flexibility index (Phi) is 9.23. The van der Waals surface area contributed by atoms with Gasteiger partial charge in [0, 0.05) is 48.0 Å². The average Bonchev–Trinajstić information content (AvgIpc) is 3.51. The highest BCUT2D eigenvalue weighted by Gasteiger charge is 2.52. The van der Waals surface area contributed by atoms with Crippen LogP contribution in [0.1, 0.15) is 115 Å². The number of rotatable bonds is 2. The minimum absolute atomic E-state index is 0.0316. The molecule has 4 bridgehead atoms. The van der Waals surface area contributed by atoms with Crippen LogP contribution >= 0.6 is 0 Å². The maximum atomic E-state index is 12.6. The summed E-state index contributed by atoms with van der Waals surface area (Å²) in [6.07, 6.45) is 15.9. The maximum Gasteiger partial charge on any atom is 0.410 e. The van der Waals surface area contributed by atoms with E-state index < -0.39 is 11.0 Å². The number of pyridine rings is 2. The van der Waals surface area contributed by atoms with Crippen molar-refractivity contribution in [3.05, 3.63) is 59.2 Å². The second kappa shape index (κ2) is 13.0. The van der Waals surface area contributed by atoms with Crippen molar-refractivity contribution in [1.82, 2.24) is 14.9 Å². The average molecular weight is 602 g/mol. The minimum Gasteiger partial charge on any atom is -0.444 e. The summed E-state index contributed by atoms with van der Waals surface area (Å²) in [4.78, 5) is 23.1. The van der Waals surface area contributed by atoms with Gasteiger partial charge in [-0.3, -0.25) is 9.97 Å². The molecule has 4 fully saturated rings. The first-order valence-electron chi connectivity index (χ1n) is 16.1. The van der Waals surface area contributed by atoms with E-state index in [9.17, 15) is 15.3 Å². The number of nitrogens with zero attached hydrogens (tertiary/aromatic N) is 5. The summed E-state index contributed by atoms with van der Waals surface area (Å²) < 4.78 is 5.59. The number of amides is 1. The molecule has 4 aliphatic rings. The summed E-state index contributed by atoms with van der Waals surface area (Å²) in [6.45, 7) is 9.24. The molecule has 1 amide bonds. The van der Waals surface area contributed by atoms with Gasteiger partial charge in [0.05, 0.1) is 23.0 Å². The van der Waals surface area contributed by atoms with Gasteiger partial charge in [-0.05, 0) is 115 Å². The molecule has 2 aromatic heterocycles. The zero-order valence-corrected chi connectivity index (χ0v) is 27.2. The molecule has 2 saturated heterocycles. The Morgan fingerprint density at radius 3 is 1.69 bits per heavy atom. The first-order valence-corrected chi connectivity index (χ1v) is 16.1. The van der Waals surface area contributed by atoms with E-state index in [0.29, 0.717) is 12.8 Å². The van der Waals surface area contributed by atoms with E-state index in [1.54, 1.807) is 25.5 Å². The number of nitriles is 2. The van der Waals surface area contributed by atoms with Gasteiger partial charge in [-0.1, -0.05) is 24.7 Å². The van der Waals surface area contributed by atoms with E-state index in [4.69, 9.17) is 4.74 Å². The fourth-order valence-corrected chi connectivity index (χ4v) is 8.09. The quantitative estimate of drug-likeness (QED) is 0.337. The van der Waals surface area contributed by atoms with Crippen molar-refractivity contribution in [3.63, 3.8) is 0 Å². The first-order chi connectivity index (χ1) is 21.5. The molecular formula is C38H43N5O2. The predicted octanol–water partition coefficient (Wildman–Crippen LogP) is 7.20. The number of piperidine rings is 1. The Bertz CT molecular complexity index is 1610. The van der Waals surface area contributed by atoms with Gasteiger partial charge < -0.3 is 9.64 Å². The van der Waals surface area contributed by atoms with Crippen molar-refractivity contribution in [2.75, 3.05) is 0 Å². The normalized spacial score (nSPS) is 29.4. The van der Waals surface area contributed by atoms with Gasteiger partial charge in [0.25, 0.3) is 0 Å². The molecule has 6 atom stereocenters.